The van der Waals surface area contributed by atoms with Crippen LogP contribution in [0.5, 0.6) is 0 Å². The molecule has 1 aliphatic rings. The number of fused-ring (bicyclic) bond motifs is 1. The number of rotatable bonds is 4. The zero-order chi connectivity index (χ0) is 14.8. The summed E-state index contributed by atoms with van der Waals surface area (Å²) in [6.45, 7) is 2.67. The molecule has 1 aliphatic carbocycles. The number of nitrogens with zero attached hydrogens (tertiary/aromatic N) is 5. The highest BCUT2D eigenvalue weighted by Crippen LogP contribution is 2.28. The summed E-state index contributed by atoms with van der Waals surface area (Å²) in [5.74, 6) is 0.206. The van der Waals surface area contributed by atoms with Crippen LogP contribution in [0.2, 0.25) is 0 Å². The van der Waals surface area contributed by atoms with Crippen molar-refractivity contribution in [3.05, 3.63) is 6.33 Å². The van der Waals surface area contributed by atoms with Gasteiger partial charge in [0, 0.05) is 12.6 Å². The average Bonchev–Trinajstić information content (AvgIpc) is 2.92. The molecular formula is C13H19N7O. The fourth-order valence-corrected chi connectivity index (χ4v) is 2.93. The van der Waals surface area contributed by atoms with Crippen LogP contribution in [0.4, 0.5) is 5.82 Å². The standard InChI is InChI=1S/C13H19N7O/c1-2-20-13-10(18-19-20)12(15-7-16-13)17-9-6-4-3-5-8(9)11(14)21/h7-9H,2-6H2,1H3,(H2,14,21)(H,15,16,17). The molecule has 0 aliphatic heterocycles. The molecule has 0 radical (unpaired) electrons. The molecule has 2 unspecified atom stereocenters. The first-order valence-electron chi connectivity index (χ1n) is 7.30. The summed E-state index contributed by atoms with van der Waals surface area (Å²) in [5, 5.41) is 11.5. The van der Waals surface area contributed by atoms with Gasteiger partial charge in [0.15, 0.2) is 17.0 Å². The topological polar surface area (TPSA) is 112 Å². The summed E-state index contributed by atoms with van der Waals surface area (Å²) in [6, 6.07) is 0.00104. The van der Waals surface area contributed by atoms with Gasteiger partial charge >= 0.3 is 0 Å². The molecule has 2 heterocycles. The van der Waals surface area contributed by atoms with Crippen molar-refractivity contribution in [1.29, 1.82) is 0 Å². The molecule has 3 rings (SSSR count). The third-order valence-electron chi connectivity index (χ3n) is 4.05. The fourth-order valence-electron chi connectivity index (χ4n) is 2.93. The number of anilines is 1. The Morgan fingerprint density at radius 1 is 1.43 bits per heavy atom. The molecule has 0 spiro atoms. The molecule has 8 heteroatoms. The zero-order valence-electron chi connectivity index (χ0n) is 12.0. The summed E-state index contributed by atoms with van der Waals surface area (Å²) >= 11 is 0. The van der Waals surface area contributed by atoms with Gasteiger partial charge < -0.3 is 11.1 Å². The van der Waals surface area contributed by atoms with Gasteiger partial charge in [0.05, 0.1) is 5.92 Å². The molecule has 3 N–H and O–H groups in total. The second-order valence-corrected chi connectivity index (χ2v) is 5.34. The molecule has 112 valence electrons. The summed E-state index contributed by atoms with van der Waals surface area (Å²) in [6.07, 6.45) is 5.33. The van der Waals surface area contributed by atoms with Crippen molar-refractivity contribution >= 4 is 22.9 Å². The maximum atomic E-state index is 11.6. The molecule has 0 bridgehead atoms. The number of nitrogens with one attached hydrogen (secondary N) is 1. The number of aromatic nitrogens is 5. The molecule has 2 aromatic heterocycles. The van der Waals surface area contributed by atoms with Gasteiger partial charge in [-0.25, -0.2) is 14.6 Å². The first-order chi connectivity index (χ1) is 10.2. The van der Waals surface area contributed by atoms with E-state index in [9.17, 15) is 4.79 Å². The van der Waals surface area contributed by atoms with Crippen molar-refractivity contribution in [2.24, 2.45) is 11.7 Å². The van der Waals surface area contributed by atoms with Crippen molar-refractivity contribution in [3.8, 4) is 0 Å². The van der Waals surface area contributed by atoms with Gasteiger partial charge in [-0.05, 0) is 19.8 Å². The highest BCUT2D eigenvalue weighted by Gasteiger charge is 2.30. The van der Waals surface area contributed by atoms with Crippen LogP contribution in [0.15, 0.2) is 6.33 Å². The quantitative estimate of drug-likeness (QED) is 0.856. The summed E-state index contributed by atoms with van der Waals surface area (Å²) < 4.78 is 1.72. The van der Waals surface area contributed by atoms with Gasteiger partial charge in [-0.15, -0.1) is 5.10 Å². The predicted molar refractivity (Wildman–Crippen MR) is 77.4 cm³/mol. The van der Waals surface area contributed by atoms with Crippen LogP contribution < -0.4 is 11.1 Å². The Kier molecular flexibility index (Phi) is 3.68. The Morgan fingerprint density at radius 2 is 2.24 bits per heavy atom. The Balaban J connectivity index is 1.90. The molecule has 1 amide bonds. The number of hydrogen-bond acceptors (Lipinski definition) is 6. The largest absolute Gasteiger partial charge is 0.369 e. The van der Waals surface area contributed by atoms with Crippen LogP contribution in [-0.2, 0) is 11.3 Å². The number of carbonyl (C=O) groups is 1. The minimum absolute atomic E-state index is 0.00104. The highest BCUT2D eigenvalue weighted by atomic mass is 16.1. The molecule has 2 atom stereocenters. The maximum absolute atomic E-state index is 11.6. The van der Waals surface area contributed by atoms with E-state index in [-0.39, 0.29) is 17.9 Å². The lowest BCUT2D eigenvalue weighted by molar-refractivity contribution is -0.122. The molecule has 8 nitrogen and oxygen atoms in total. The summed E-state index contributed by atoms with van der Waals surface area (Å²) in [5.41, 5.74) is 6.83. The lowest BCUT2D eigenvalue weighted by atomic mass is 9.84. The minimum Gasteiger partial charge on any atom is -0.369 e. The molecule has 2 aromatic rings. The van der Waals surface area contributed by atoms with Crippen molar-refractivity contribution in [2.75, 3.05) is 5.32 Å². The van der Waals surface area contributed by atoms with Crippen LogP contribution in [0.3, 0.4) is 0 Å². The molecule has 0 saturated heterocycles. The molecule has 21 heavy (non-hydrogen) atoms. The van der Waals surface area contributed by atoms with Crippen molar-refractivity contribution in [2.45, 2.75) is 45.2 Å². The Morgan fingerprint density at radius 3 is 3.00 bits per heavy atom. The van der Waals surface area contributed by atoms with Gasteiger partial charge in [-0.3, -0.25) is 4.79 Å². The van der Waals surface area contributed by atoms with E-state index in [1.165, 1.54) is 6.33 Å². The van der Waals surface area contributed by atoms with Crippen LogP contribution in [0, 0.1) is 5.92 Å². The average molecular weight is 289 g/mol. The van der Waals surface area contributed by atoms with Crippen LogP contribution in [0.1, 0.15) is 32.6 Å². The van der Waals surface area contributed by atoms with Gasteiger partial charge in [0.25, 0.3) is 0 Å². The number of hydrogen-bond donors (Lipinski definition) is 2. The Hall–Kier alpha value is -2.25. The lowest BCUT2D eigenvalue weighted by Gasteiger charge is -2.30. The lowest BCUT2D eigenvalue weighted by Crippen LogP contribution is -2.40. The SMILES string of the molecule is CCn1nnc2c(NC3CCCCC3C(N)=O)ncnc21. The zero-order valence-corrected chi connectivity index (χ0v) is 12.0. The van der Waals surface area contributed by atoms with Crippen molar-refractivity contribution < 1.29 is 4.79 Å². The second kappa shape index (κ2) is 5.63. The number of amides is 1. The number of primary amides is 1. The van der Waals surface area contributed by atoms with E-state index >= 15 is 0 Å². The molecule has 1 saturated carbocycles. The van der Waals surface area contributed by atoms with E-state index in [1.807, 2.05) is 6.92 Å². The second-order valence-electron chi connectivity index (χ2n) is 5.34. The Bertz CT molecular complexity index is 653. The van der Waals surface area contributed by atoms with E-state index in [1.54, 1.807) is 4.68 Å². The third kappa shape index (κ3) is 2.53. The van der Waals surface area contributed by atoms with E-state index in [0.717, 1.165) is 25.7 Å². The van der Waals surface area contributed by atoms with E-state index in [4.69, 9.17) is 5.73 Å². The fraction of sp³-hybridized carbons (Fsp3) is 0.615. The van der Waals surface area contributed by atoms with Gasteiger partial charge in [0.1, 0.15) is 6.33 Å². The Labute approximate surface area is 122 Å². The van der Waals surface area contributed by atoms with Crippen LogP contribution in [0.25, 0.3) is 11.2 Å². The third-order valence-corrected chi connectivity index (χ3v) is 4.05. The predicted octanol–water partition coefficient (Wildman–Crippen LogP) is 0.697. The number of aryl methyl sites for hydroxylation is 1. The smallest absolute Gasteiger partial charge is 0.222 e. The van der Waals surface area contributed by atoms with Crippen LogP contribution in [-0.4, -0.2) is 36.9 Å². The van der Waals surface area contributed by atoms with E-state index in [0.29, 0.717) is 23.5 Å². The summed E-state index contributed by atoms with van der Waals surface area (Å²) in [4.78, 5) is 20.1. The monoisotopic (exact) mass is 289 g/mol. The van der Waals surface area contributed by atoms with E-state index in [2.05, 4.69) is 25.6 Å². The minimum atomic E-state index is -0.255. The normalized spacial score (nSPS) is 22.3. The number of nitrogens with two attached hydrogens (primary N) is 1. The van der Waals surface area contributed by atoms with E-state index < -0.39 is 0 Å². The maximum Gasteiger partial charge on any atom is 0.222 e. The van der Waals surface area contributed by atoms with Gasteiger partial charge in [-0.2, -0.15) is 0 Å². The van der Waals surface area contributed by atoms with Crippen molar-refractivity contribution in [3.63, 3.8) is 0 Å². The summed E-state index contributed by atoms with van der Waals surface area (Å²) in [7, 11) is 0. The van der Waals surface area contributed by atoms with Gasteiger partial charge in [-0.1, -0.05) is 18.1 Å². The first-order valence-corrected chi connectivity index (χ1v) is 7.30. The molecular weight excluding hydrogens is 270 g/mol. The van der Waals surface area contributed by atoms with Crippen LogP contribution >= 0.6 is 0 Å². The molecule has 0 aromatic carbocycles. The van der Waals surface area contributed by atoms with Crippen molar-refractivity contribution in [1.82, 2.24) is 25.0 Å². The molecule has 1 fully saturated rings. The first kappa shape index (κ1) is 13.7. The number of carbonyl (C=O) groups excluding carboxylic acids is 1. The highest BCUT2D eigenvalue weighted by molar-refractivity contribution is 5.83. The van der Waals surface area contributed by atoms with Gasteiger partial charge in [0.2, 0.25) is 5.91 Å².